The Kier molecular flexibility index (Phi) is 7.08. The minimum atomic E-state index is -0.688. The van der Waals surface area contributed by atoms with Gasteiger partial charge in [0.05, 0.1) is 5.75 Å². The van der Waals surface area contributed by atoms with Gasteiger partial charge < -0.3 is 10.1 Å². The molecule has 0 spiro atoms. The number of carbonyl (C=O) groups is 3. The highest BCUT2D eigenvalue weighted by Gasteiger charge is 2.25. The Morgan fingerprint density at radius 1 is 1.36 bits per heavy atom. The molecular weight excluding hydrogens is 367 g/mol. The first-order valence-electron chi connectivity index (χ1n) is 7.30. The molecule has 9 heteroatoms. The molecule has 6 nitrogen and oxygen atoms in total. The van der Waals surface area contributed by atoms with E-state index in [1.807, 2.05) is 0 Å². The molecule has 0 bridgehead atoms. The zero-order valence-corrected chi connectivity index (χ0v) is 14.7. The summed E-state index contributed by atoms with van der Waals surface area (Å²) in [5.41, 5.74) is 0.631. The average Bonchev–Trinajstić information content (AvgIpc) is 2.91. The molecule has 0 saturated carbocycles. The van der Waals surface area contributed by atoms with Crippen molar-refractivity contribution in [3.05, 3.63) is 41.7 Å². The molecule has 1 aromatic rings. The van der Waals surface area contributed by atoms with Crippen LogP contribution in [0.3, 0.4) is 0 Å². The van der Waals surface area contributed by atoms with Crippen molar-refractivity contribution in [2.24, 2.45) is 0 Å². The molecule has 1 saturated heterocycles. The quantitative estimate of drug-likeness (QED) is 0.436. The van der Waals surface area contributed by atoms with Gasteiger partial charge in [-0.2, -0.15) is 0 Å². The number of benzene rings is 1. The van der Waals surface area contributed by atoms with E-state index in [1.54, 1.807) is 0 Å². The number of thiocarbonyl (C=S) groups is 1. The molecule has 25 heavy (non-hydrogen) atoms. The summed E-state index contributed by atoms with van der Waals surface area (Å²) in [6.45, 7) is 0.0722. The minimum Gasteiger partial charge on any atom is -0.452 e. The van der Waals surface area contributed by atoms with E-state index in [2.05, 4.69) is 5.32 Å². The van der Waals surface area contributed by atoms with Gasteiger partial charge in [-0.1, -0.05) is 36.1 Å². The summed E-state index contributed by atoms with van der Waals surface area (Å²) in [6, 6.07) is 5.56. The van der Waals surface area contributed by atoms with Gasteiger partial charge in [-0.05, 0) is 23.8 Å². The molecule has 1 aliphatic heterocycles. The number of amides is 2. The van der Waals surface area contributed by atoms with Crippen molar-refractivity contribution in [1.82, 2.24) is 10.2 Å². The second-order valence-electron chi connectivity index (χ2n) is 4.94. The van der Waals surface area contributed by atoms with Crippen molar-refractivity contribution in [3.63, 3.8) is 0 Å². The number of hydrogen-bond acceptors (Lipinski definition) is 6. The zero-order valence-electron chi connectivity index (χ0n) is 13.1. The number of nitrogens with zero attached hydrogens (tertiary/aromatic N) is 1. The molecule has 0 radical (unpaired) electrons. The van der Waals surface area contributed by atoms with E-state index in [1.165, 1.54) is 47.0 Å². The van der Waals surface area contributed by atoms with Gasteiger partial charge in [-0.25, -0.2) is 9.18 Å². The summed E-state index contributed by atoms with van der Waals surface area (Å²) < 4.78 is 18.0. The van der Waals surface area contributed by atoms with Gasteiger partial charge in [0.2, 0.25) is 5.91 Å². The Morgan fingerprint density at radius 3 is 2.72 bits per heavy atom. The lowest BCUT2D eigenvalue weighted by Gasteiger charge is -2.14. The minimum absolute atomic E-state index is 0.0818. The summed E-state index contributed by atoms with van der Waals surface area (Å²) in [5, 5.41) is 2.54. The molecule has 1 N–H and O–H groups in total. The van der Waals surface area contributed by atoms with Crippen LogP contribution < -0.4 is 5.32 Å². The van der Waals surface area contributed by atoms with Crippen molar-refractivity contribution >= 4 is 52.2 Å². The third-order valence-electron chi connectivity index (χ3n) is 3.13. The summed E-state index contributed by atoms with van der Waals surface area (Å²) in [4.78, 5) is 36.0. The predicted molar refractivity (Wildman–Crippen MR) is 96.2 cm³/mol. The lowest BCUT2D eigenvalue weighted by Crippen LogP contribution is -2.38. The highest BCUT2D eigenvalue weighted by Crippen LogP contribution is 2.18. The van der Waals surface area contributed by atoms with Crippen LogP contribution in [0.25, 0.3) is 6.08 Å². The topological polar surface area (TPSA) is 75.7 Å². The summed E-state index contributed by atoms with van der Waals surface area (Å²) in [5.74, 6) is -1.29. The van der Waals surface area contributed by atoms with E-state index >= 15 is 0 Å². The Hall–Kier alpha value is -2.26. The average molecular weight is 382 g/mol. The number of rotatable bonds is 7. The van der Waals surface area contributed by atoms with E-state index < -0.39 is 18.5 Å². The van der Waals surface area contributed by atoms with Gasteiger partial charge in [-0.3, -0.25) is 14.5 Å². The molecule has 1 aromatic carbocycles. The molecule has 132 valence electrons. The van der Waals surface area contributed by atoms with Crippen LogP contribution in [-0.4, -0.2) is 52.5 Å². The van der Waals surface area contributed by atoms with Crippen LogP contribution in [0.1, 0.15) is 5.56 Å². The van der Waals surface area contributed by atoms with Crippen molar-refractivity contribution in [1.29, 1.82) is 0 Å². The standard InChI is InChI=1S/C16H15FN2O4S2/c17-12-4-1-11(2-5-12)3-6-15(22)23-9-13(20)18-7-8-19-14(21)10-25-16(19)24/h1-6H,7-10H2,(H,18,20)/b6-3+. The van der Waals surface area contributed by atoms with Gasteiger partial charge in [-0.15, -0.1) is 0 Å². The maximum Gasteiger partial charge on any atom is 0.331 e. The van der Waals surface area contributed by atoms with Gasteiger partial charge in [0.25, 0.3) is 5.91 Å². The lowest BCUT2D eigenvalue weighted by molar-refractivity contribution is -0.143. The molecule has 0 unspecified atom stereocenters. The maximum atomic E-state index is 12.7. The fourth-order valence-electron chi connectivity index (χ4n) is 1.88. The molecule has 0 atom stereocenters. The van der Waals surface area contributed by atoms with E-state index in [0.717, 1.165) is 6.08 Å². The molecule has 0 aromatic heterocycles. The number of esters is 1. The Labute approximate surface area is 153 Å². The second kappa shape index (κ2) is 9.28. The van der Waals surface area contributed by atoms with E-state index in [9.17, 15) is 18.8 Å². The largest absolute Gasteiger partial charge is 0.452 e. The smallest absolute Gasteiger partial charge is 0.331 e. The highest BCUT2D eigenvalue weighted by molar-refractivity contribution is 8.23. The first kappa shape index (κ1) is 19.1. The lowest BCUT2D eigenvalue weighted by atomic mass is 10.2. The number of hydrogen-bond donors (Lipinski definition) is 1. The first-order chi connectivity index (χ1) is 12.0. The first-order valence-corrected chi connectivity index (χ1v) is 8.69. The van der Waals surface area contributed by atoms with Crippen molar-refractivity contribution in [2.75, 3.05) is 25.4 Å². The van der Waals surface area contributed by atoms with E-state index in [4.69, 9.17) is 17.0 Å². The number of nitrogens with one attached hydrogen (secondary N) is 1. The van der Waals surface area contributed by atoms with Crippen LogP contribution >= 0.6 is 24.0 Å². The summed E-state index contributed by atoms with van der Waals surface area (Å²) >= 11 is 6.30. The van der Waals surface area contributed by atoms with Crippen molar-refractivity contribution in [2.45, 2.75) is 0 Å². The summed E-state index contributed by atoms with van der Waals surface area (Å²) in [7, 11) is 0. The van der Waals surface area contributed by atoms with Crippen LogP contribution in [-0.2, 0) is 19.1 Å². The van der Waals surface area contributed by atoms with Gasteiger partial charge in [0.15, 0.2) is 6.61 Å². The maximum absolute atomic E-state index is 12.7. The molecule has 0 aliphatic carbocycles. The predicted octanol–water partition coefficient (Wildman–Crippen LogP) is 1.36. The van der Waals surface area contributed by atoms with Crippen LogP contribution in [0.2, 0.25) is 0 Å². The summed E-state index contributed by atoms with van der Waals surface area (Å²) in [6.07, 6.45) is 2.61. The third kappa shape index (κ3) is 6.28. The molecule has 2 amide bonds. The van der Waals surface area contributed by atoms with Gasteiger partial charge in [0, 0.05) is 19.2 Å². The number of carbonyl (C=O) groups excluding carboxylic acids is 3. The van der Waals surface area contributed by atoms with Crippen LogP contribution in [0.4, 0.5) is 4.39 Å². The number of thioether (sulfide) groups is 1. The van der Waals surface area contributed by atoms with Crippen LogP contribution in [0.15, 0.2) is 30.3 Å². The Balaban J connectivity index is 1.65. The van der Waals surface area contributed by atoms with Crippen molar-refractivity contribution in [3.8, 4) is 0 Å². The zero-order chi connectivity index (χ0) is 18.2. The molecule has 1 aliphatic rings. The molecular formula is C16H15FN2O4S2. The number of halogens is 1. The molecule has 1 heterocycles. The molecule has 2 rings (SSSR count). The van der Waals surface area contributed by atoms with E-state index in [-0.39, 0.29) is 24.8 Å². The van der Waals surface area contributed by atoms with Gasteiger partial charge in [0.1, 0.15) is 10.1 Å². The van der Waals surface area contributed by atoms with Crippen LogP contribution in [0.5, 0.6) is 0 Å². The Morgan fingerprint density at radius 2 is 2.08 bits per heavy atom. The van der Waals surface area contributed by atoms with Crippen molar-refractivity contribution < 1.29 is 23.5 Å². The van der Waals surface area contributed by atoms with Crippen LogP contribution in [0, 0.1) is 5.82 Å². The van der Waals surface area contributed by atoms with E-state index in [0.29, 0.717) is 15.6 Å². The SMILES string of the molecule is O=C(COC(=O)/C=C/c1ccc(F)cc1)NCCN1C(=O)CSC1=S. The molecule has 1 fully saturated rings. The normalized spacial score (nSPS) is 14.2. The monoisotopic (exact) mass is 382 g/mol. The third-order valence-corrected chi connectivity index (χ3v) is 4.56. The highest BCUT2D eigenvalue weighted by atomic mass is 32.2. The fourth-order valence-corrected chi connectivity index (χ4v) is 3.00. The van der Waals surface area contributed by atoms with Gasteiger partial charge >= 0.3 is 5.97 Å². The Bertz CT molecular complexity index is 691. The second-order valence-corrected chi connectivity index (χ2v) is 6.55. The fraction of sp³-hybridized carbons (Fsp3) is 0.250. The number of ether oxygens (including phenoxy) is 1.